The number of aromatic nitrogens is 2. The first kappa shape index (κ1) is 20.2. The predicted molar refractivity (Wildman–Crippen MR) is 127 cm³/mol. The summed E-state index contributed by atoms with van der Waals surface area (Å²) in [7, 11) is 0. The monoisotopic (exact) mass is 412 g/mol. The fraction of sp³-hybridized carbons (Fsp3) is 0.407. The summed E-state index contributed by atoms with van der Waals surface area (Å²) in [5, 5.41) is 3.47. The Bertz CT molecular complexity index is 993. The number of anilines is 1. The molecular weight excluding hydrogens is 380 g/mol. The molecule has 2 aromatic carbocycles. The fourth-order valence-electron chi connectivity index (χ4n) is 5.07. The standard InChI is InChI=1S/C27H32N4/c1-2-9-17-31(16-8-1)18-10-15-28-27-29-20-22-19-25(21-11-4-3-5-12-21)23-13-6-7-14-24(23)26(22)30-27/h3-7,11-14,20,25H,1-2,8-10,15-19H2,(H,28,29,30). The number of hydrogen-bond acceptors (Lipinski definition) is 4. The molecule has 3 aromatic rings. The van der Waals surface area contributed by atoms with Gasteiger partial charge in [-0.2, -0.15) is 0 Å². The highest BCUT2D eigenvalue weighted by Gasteiger charge is 2.27. The molecule has 2 aliphatic rings. The van der Waals surface area contributed by atoms with Crippen molar-refractivity contribution in [2.75, 3.05) is 31.5 Å². The van der Waals surface area contributed by atoms with Gasteiger partial charge in [-0.1, -0.05) is 67.4 Å². The van der Waals surface area contributed by atoms with Crippen LogP contribution in [-0.4, -0.2) is 41.0 Å². The Balaban J connectivity index is 1.29. The van der Waals surface area contributed by atoms with Gasteiger partial charge in [0.15, 0.2) is 0 Å². The van der Waals surface area contributed by atoms with Crippen LogP contribution in [0.5, 0.6) is 0 Å². The second-order valence-corrected chi connectivity index (χ2v) is 8.86. The van der Waals surface area contributed by atoms with Gasteiger partial charge >= 0.3 is 0 Å². The molecule has 0 amide bonds. The van der Waals surface area contributed by atoms with Crippen molar-refractivity contribution in [1.82, 2.24) is 14.9 Å². The molecule has 0 bridgehead atoms. The lowest BCUT2D eigenvalue weighted by Crippen LogP contribution is -2.27. The molecule has 1 aliphatic carbocycles. The molecule has 1 atom stereocenters. The SMILES string of the molecule is c1ccc(C2Cc3cnc(NCCCN4CCCCCC4)nc3-c3ccccc32)cc1. The average molecular weight is 413 g/mol. The summed E-state index contributed by atoms with van der Waals surface area (Å²) in [6, 6.07) is 19.5. The Kier molecular flexibility index (Phi) is 6.26. The molecule has 2 heterocycles. The van der Waals surface area contributed by atoms with Gasteiger partial charge in [0.25, 0.3) is 0 Å². The lowest BCUT2D eigenvalue weighted by atomic mass is 9.78. The highest BCUT2D eigenvalue weighted by atomic mass is 15.1. The van der Waals surface area contributed by atoms with Crippen molar-refractivity contribution >= 4 is 5.95 Å². The molecule has 1 fully saturated rings. The maximum Gasteiger partial charge on any atom is 0.223 e. The second-order valence-electron chi connectivity index (χ2n) is 8.86. The molecule has 1 saturated heterocycles. The average Bonchev–Trinajstić information content (AvgIpc) is 3.11. The zero-order valence-electron chi connectivity index (χ0n) is 18.3. The van der Waals surface area contributed by atoms with E-state index in [0.29, 0.717) is 5.92 Å². The third-order valence-corrected chi connectivity index (χ3v) is 6.71. The van der Waals surface area contributed by atoms with Gasteiger partial charge in [0.1, 0.15) is 0 Å². The summed E-state index contributed by atoms with van der Waals surface area (Å²) in [5.74, 6) is 1.11. The zero-order valence-corrected chi connectivity index (χ0v) is 18.3. The van der Waals surface area contributed by atoms with Crippen LogP contribution in [0.25, 0.3) is 11.3 Å². The Hall–Kier alpha value is -2.72. The van der Waals surface area contributed by atoms with E-state index in [9.17, 15) is 0 Å². The smallest absolute Gasteiger partial charge is 0.223 e. The van der Waals surface area contributed by atoms with E-state index in [0.717, 1.165) is 31.0 Å². The van der Waals surface area contributed by atoms with Gasteiger partial charge in [-0.25, -0.2) is 9.97 Å². The number of fused-ring (bicyclic) bond motifs is 3. The molecule has 5 rings (SSSR count). The molecule has 1 aromatic heterocycles. The van der Waals surface area contributed by atoms with Crippen molar-refractivity contribution in [3.05, 3.63) is 77.5 Å². The molecule has 1 aliphatic heterocycles. The van der Waals surface area contributed by atoms with Crippen molar-refractivity contribution < 1.29 is 0 Å². The van der Waals surface area contributed by atoms with Crippen molar-refractivity contribution in [2.45, 2.75) is 44.4 Å². The number of nitrogens with zero attached hydrogens (tertiary/aromatic N) is 3. The van der Waals surface area contributed by atoms with Crippen molar-refractivity contribution in [3.63, 3.8) is 0 Å². The van der Waals surface area contributed by atoms with Crippen molar-refractivity contribution in [3.8, 4) is 11.3 Å². The van der Waals surface area contributed by atoms with Gasteiger partial charge in [0, 0.05) is 24.2 Å². The van der Waals surface area contributed by atoms with Gasteiger partial charge in [-0.15, -0.1) is 0 Å². The lowest BCUT2D eigenvalue weighted by Gasteiger charge is -2.27. The maximum atomic E-state index is 4.95. The minimum atomic E-state index is 0.362. The van der Waals surface area contributed by atoms with E-state index in [1.54, 1.807) is 0 Å². The lowest BCUT2D eigenvalue weighted by molar-refractivity contribution is 0.284. The van der Waals surface area contributed by atoms with Crippen molar-refractivity contribution in [2.24, 2.45) is 0 Å². The molecule has 4 nitrogen and oxygen atoms in total. The summed E-state index contributed by atoms with van der Waals surface area (Å²) >= 11 is 0. The van der Waals surface area contributed by atoms with Gasteiger partial charge in [-0.05, 0) is 62.0 Å². The normalized spacial score (nSPS) is 18.6. The van der Waals surface area contributed by atoms with E-state index in [2.05, 4.69) is 69.8 Å². The Labute approximate surface area is 185 Å². The zero-order chi connectivity index (χ0) is 20.9. The topological polar surface area (TPSA) is 41.1 Å². The number of likely N-dealkylation sites (tertiary alicyclic amines) is 1. The molecule has 160 valence electrons. The van der Waals surface area contributed by atoms with Crippen LogP contribution >= 0.6 is 0 Å². The maximum absolute atomic E-state index is 4.95. The van der Waals surface area contributed by atoms with Gasteiger partial charge in [0.2, 0.25) is 5.95 Å². The van der Waals surface area contributed by atoms with Crippen LogP contribution in [0.3, 0.4) is 0 Å². The summed E-state index contributed by atoms with van der Waals surface area (Å²) in [6.45, 7) is 4.60. The molecular formula is C27H32N4. The van der Waals surface area contributed by atoms with E-state index in [1.165, 1.54) is 67.6 Å². The summed E-state index contributed by atoms with van der Waals surface area (Å²) in [4.78, 5) is 12.2. The molecule has 1 unspecified atom stereocenters. The summed E-state index contributed by atoms with van der Waals surface area (Å²) in [6.07, 6.45) is 9.61. The number of benzene rings is 2. The van der Waals surface area contributed by atoms with Gasteiger partial charge in [0.05, 0.1) is 5.69 Å². The first-order valence-corrected chi connectivity index (χ1v) is 11.8. The molecule has 1 N–H and O–H groups in total. The van der Waals surface area contributed by atoms with Gasteiger partial charge < -0.3 is 10.2 Å². The van der Waals surface area contributed by atoms with Crippen LogP contribution in [0.1, 0.15) is 54.7 Å². The van der Waals surface area contributed by atoms with Crippen LogP contribution in [0.2, 0.25) is 0 Å². The van der Waals surface area contributed by atoms with E-state index >= 15 is 0 Å². The quantitative estimate of drug-likeness (QED) is 0.542. The third-order valence-electron chi connectivity index (χ3n) is 6.71. The number of nitrogens with one attached hydrogen (secondary N) is 1. The molecule has 31 heavy (non-hydrogen) atoms. The second kappa shape index (κ2) is 9.61. The van der Waals surface area contributed by atoms with E-state index in [1.807, 2.05) is 6.20 Å². The minimum Gasteiger partial charge on any atom is -0.354 e. The largest absolute Gasteiger partial charge is 0.354 e. The molecule has 0 spiro atoms. The first-order valence-electron chi connectivity index (χ1n) is 11.8. The summed E-state index contributed by atoms with van der Waals surface area (Å²) in [5.41, 5.74) is 6.30. The van der Waals surface area contributed by atoms with Gasteiger partial charge in [-0.3, -0.25) is 0 Å². The Morgan fingerprint density at radius 3 is 2.52 bits per heavy atom. The predicted octanol–water partition coefficient (Wildman–Crippen LogP) is 5.51. The Morgan fingerprint density at radius 2 is 1.68 bits per heavy atom. The highest BCUT2D eigenvalue weighted by Crippen LogP contribution is 2.41. The van der Waals surface area contributed by atoms with Crippen molar-refractivity contribution in [1.29, 1.82) is 0 Å². The van der Waals surface area contributed by atoms with Crippen LogP contribution in [-0.2, 0) is 6.42 Å². The first-order chi connectivity index (χ1) is 15.4. The minimum absolute atomic E-state index is 0.362. The van der Waals surface area contributed by atoms with E-state index in [4.69, 9.17) is 4.98 Å². The molecule has 4 heteroatoms. The third kappa shape index (κ3) is 4.64. The van der Waals surface area contributed by atoms with Crippen LogP contribution in [0, 0.1) is 0 Å². The van der Waals surface area contributed by atoms with E-state index in [-0.39, 0.29) is 0 Å². The highest BCUT2D eigenvalue weighted by molar-refractivity contribution is 5.72. The van der Waals surface area contributed by atoms with Crippen LogP contribution in [0.4, 0.5) is 5.95 Å². The molecule has 0 saturated carbocycles. The van der Waals surface area contributed by atoms with E-state index < -0.39 is 0 Å². The van der Waals surface area contributed by atoms with Crippen LogP contribution < -0.4 is 5.32 Å². The summed E-state index contributed by atoms with van der Waals surface area (Å²) < 4.78 is 0. The number of hydrogen-bond donors (Lipinski definition) is 1. The number of rotatable bonds is 6. The Morgan fingerprint density at radius 1 is 0.903 bits per heavy atom. The van der Waals surface area contributed by atoms with Crippen LogP contribution in [0.15, 0.2) is 60.8 Å². The molecule has 0 radical (unpaired) electrons. The fourth-order valence-corrected chi connectivity index (χ4v) is 5.07.